The number of hydrogen-bond acceptors (Lipinski definition) is 6. The van der Waals surface area contributed by atoms with E-state index in [1.54, 1.807) is 19.4 Å². The number of carbonyl (C=O) groups is 1. The molecule has 1 unspecified atom stereocenters. The Morgan fingerprint density at radius 1 is 1.17 bits per heavy atom. The van der Waals surface area contributed by atoms with Crippen molar-refractivity contribution in [2.45, 2.75) is 32.1 Å². The van der Waals surface area contributed by atoms with Gasteiger partial charge < -0.3 is 4.74 Å². The number of halogens is 2. The number of carbonyl (C=O) groups excluding carboxylic acids is 1. The summed E-state index contributed by atoms with van der Waals surface area (Å²) in [4.78, 5) is 27.5. The lowest BCUT2D eigenvalue weighted by molar-refractivity contribution is 0.102. The standard InChI is InChI=1S/C26H22ClFN4O2S/c1-14-9-18(19-11-24(27)30-13-22(19)34-2)20(12-29-14)25(33)32-26-31-21-8-5-16(10-23(21)35-26)15-3-6-17(28)7-4-15/h3-4,6-7,9,11-13,16H,5,8,10H2,1-2H3,(H,31,32,33). The molecule has 3 heterocycles. The summed E-state index contributed by atoms with van der Waals surface area (Å²) in [6, 6.07) is 10.2. The average molecular weight is 509 g/mol. The van der Waals surface area contributed by atoms with E-state index in [9.17, 15) is 9.18 Å². The van der Waals surface area contributed by atoms with Crippen LogP contribution in [0.25, 0.3) is 11.1 Å². The molecule has 1 atom stereocenters. The molecule has 0 bridgehead atoms. The molecule has 4 aromatic rings. The van der Waals surface area contributed by atoms with Gasteiger partial charge in [-0.3, -0.25) is 15.1 Å². The molecule has 3 aromatic heterocycles. The van der Waals surface area contributed by atoms with Gasteiger partial charge in [0.05, 0.1) is 24.6 Å². The molecule has 178 valence electrons. The Morgan fingerprint density at radius 2 is 1.97 bits per heavy atom. The molecule has 0 radical (unpaired) electrons. The Kier molecular flexibility index (Phi) is 6.49. The Labute approximate surface area is 211 Å². The van der Waals surface area contributed by atoms with Crippen molar-refractivity contribution in [3.63, 3.8) is 0 Å². The molecule has 0 spiro atoms. The molecule has 1 N–H and O–H groups in total. The predicted molar refractivity (Wildman–Crippen MR) is 135 cm³/mol. The zero-order chi connectivity index (χ0) is 24.5. The molecule has 1 amide bonds. The Balaban J connectivity index is 1.40. The zero-order valence-electron chi connectivity index (χ0n) is 19.1. The smallest absolute Gasteiger partial charge is 0.259 e. The Hall–Kier alpha value is -3.36. The van der Waals surface area contributed by atoms with Crippen molar-refractivity contribution in [2.24, 2.45) is 0 Å². The largest absolute Gasteiger partial charge is 0.494 e. The number of aromatic nitrogens is 3. The molecule has 0 saturated heterocycles. The Bertz CT molecular complexity index is 1410. The van der Waals surface area contributed by atoms with Crippen LogP contribution in [0.5, 0.6) is 5.75 Å². The number of nitrogens with zero attached hydrogens (tertiary/aromatic N) is 3. The molecule has 0 saturated carbocycles. The van der Waals surface area contributed by atoms with E-state index >= 15 is 0 Å². The fraction of sp³-hybridized carbons (Fsp3) is 0.231. The maximum Gasteiger partial charge on any atom is 0.259 e. The van der Waals surface area contributed by atoms with Crippen molar-refractivity contribution in [2.75, 3.05) is 12.4 Å². The van der Waals surface area contributed by atoms with Crippen LogP contribution in [0.4, 0.5) is 9.52 Å². The van der Waals surface area contributed by atoms with Crippen molar-refractivity contribution in [1.29, 1.82) is 0 Å². The van der Waals surface area contributed by atoms with Crippen molar-refractivity contribution < 1.29 is 13.9 Å². The fourth-order valence-electron chi connectivity index (χ4n) is 4.37. The van der Waals surface area contributed by atoms with Crippen molar-refractivity contribution in [3.8, 4) is 16.9 Å². The minimum absolute atomic E-state index is 0.232. The minimum Gasteiger partial charge on any atom is -0.494 e. The van der Waals surface area contributed by atoms with Crippen LogP contribution in [0.15, 0.2) is 48.8 Å². The second-order valence-corrected chi connectivity index (χ2v) is 9.88. The summed E-state index contributed by atoms with van der Waals surface area (Å²) in [5, 5.41) is 3.79. The first-order valence-electron chi connectivity index (χ1n) is 11.1. The van der Waals surface area contributed by atoms with E-state index in [1.165, 1.54) is 29.7 Å². The number of aryl methyl sites for hydroxylation is 2. The molecule has 0 fully saturated rings. The van der Waals surface area contributed by atoms with E-state index in [-0.39, 0.29) is 11.7 Å². The van der Waals surface area contributed by atoms with Gasteiger partial charge >= 0.3 is 0 Å². The van der Waals surface area contributed by atoms with E-state index < -0.39 is 0 Å². The molecule has 1 aliphatic rings. The molecular formula is C26H22ClFN4O2S. The molecule has 6 nitrogen and oxygen atoms in total. The van der Waals surface area contributed by atoms with Gasteiger partial charge in [-0.15, -0.1) is 11.3 Å². The SMILES string of the molecule is COc1cnc(Cl)cc1-c1cc(C)ncc1C(=O)Nc1nc2c(s1)CC(c1ccc(F)cc1)CC2. The predicted octanol–water partition coefficient (Wildman–Crippen LogP) is 6.23. The molecular weight excluding hydrogens is 487 g/mol. The molecule has 35 heavy (non-hydrogen) atoms. The maximum absolute atomic E-state index is 13.3. The molecule has 9 heteroatoms. The summed E-state index contributed by atoms with van der Waals surface area (Å²) in [6.45, 7) is 1.85. The van der Waals surface area contributed by atoms with E-state index in [4.69, 9.17) is 16.3 Å². The number of rotatable bonds is 5. The van der Waals surface area contributed by atoms with Crippen LogP contribution in [-0.2, 0) is 12.8 Å². The van der Waals surface area contributed by atoms with Gasteiger partial charge in [0.15, 0.2) is 5.13 Å². The average Bonchev–Trinajstić information content (AvgIpc) is 3.25. The minimum atomic E-state index is -0.316. The number of ether oxygens (including phenoxy) is 1. The van der Waals surface area contributed by atoms with Gasteiger partial charge in [0.25, 0.3) is 5.91 Å². The van der Waals surface area contributed by atoms with E-state index in [0.29, 0.717) is 38.6 Å². The molecule has 0 aliphatic heterocycles. The van der Waals surface area contributed by atoms with Gasteiger partial charge in [-0.1, -0.05) is 23.7 Å². The number of hydrogen-bond donors (Lipinski definition) is 1. The first-order valence-corrected chi connectivity index (χ1v) is 12.3. The molecule has 1 aromatic carbocycles. The van der Waals surface area contributed by atoms with Crippen LogP contribution in [-0.4, -0.2) is 28.0 Å². The number of thiazole rings is 1. The van der Waals surface area contributed by atoms with E-state index in [2.05, 4.69) is 20.3 Å². The van der Waals surface area contributed by atoms with Crippen molar-refractivity contribution in [3.05, 3.63) is 87.2 Å². The first-order chi connectivity index (χ1) is 16.9. The normalized spacial score (nSPS) is 14.9. The van der Waals surface area contributed by atoms with Gasteiger partial charge in [0.2, 0.25) is 0 Å². The Morgan fingerprint density at radius 3 is 2.74 bits per heavy atom. The van der Waals surface area contributed by atoms with E-state index in [1.807, 2.05) is 25.1 Å². The lowest BCUT2D eigenvalue weighted by Crippen LogP contribution is -2.14. The third-order valence-electron chi connectivity index (χ3n) is 6.13. The lowest BCUT2D eigenvalue weighted by atomic mass is 9.85. The quantitative estimate of drug-likeness (QED) is 0.323. The van der Waals surface area contributed by atoms with Crippen LogP contribution in [0.2, 0.25) is 5.15 Å². The van der Waals surface area contributed by atoms with Crippen LogP contribution in [0.1, 0.15) is 44.5 Å². The van der Waals surface area contributed by atoms with Crippen molar-refractivity contribution in [1.82, 2.24) is 15.0 Å². The van der Waals surface area contributed by atoms with Crippen LogP contribution in [0.3, 0.4) is 0 Å². The highest BCUT2D eigenvalue weighted by molar-refractivity contribution is 7.15. The third kappa shape index (κ3) is 4.90. The monoisotopic (exact) mass is 508 g/mol. The molecule has 1 aliphatic carbocycles. The van der Waals surface area contributed by atoms with Crippen LogP contribution >= 0.6 is 22.9 Å². The second kappa shape index (κ2) is 9.71. The van der Waals surface area contributed by atoms with Gasteiger partial charge in [-0.25, -0.2) is 14.4 Å². The molecule has 5 rings (SSSR count). The number of benzene rings is 1. The number of fused-ring (bicyclic) bond motifs is 1. The van der Waals surface area contributed by atoms with E-state index in [0.717, 1.165) is 41.1 Å². The van der Waals surface area contributed by atoms with Gasteiger partial charge in [-0.05, 0) is 61.9 Å². The lowest BCUT2D eigenvalue weighted by Gasteiger charge is -2.21. The third-order valence-corrected chi connectivity index (χ3v) is 7.37. The first kappa shape index (κ1) is 23.4. The number of methoxy groups -OCH3 is 1. The van der Waals surface area contributed by atoms with Crippen LogP contribution < -0.4 is 10.1 Å². The number of pyridine rings is 2. The number of nitrogens with one attached hydrogen (secondary N) is 1. The summed E-state index contributed by atoms with van der Waals surface area (Å²) in [6.07, 6.45) is 5.64. The highest BCUT2D eigenvalue weighted by Gasteiger charge is 2.25. The summed E-state index contributed by atoms with van der Waals surface area (Å²) in [7, 11) is 1.54. The summed E-state index contributed by atoms with van der Waals surface area (Å²) >= 11 is 7.62. The number of anilines is 1. The highest BCUT2D eigenvalue weighted by atomic mass is 35.5. The van der Waals surface area contributed by atoms with Gasteiger partial charge in [0.1, 0.15) is 16.7 Å². The van der Waals surface area contributed by atoms with Crippen LogP contribution in [0, 0.1) is 12.7 Å². The highest BCUT2D eigenvalue weighted by Crippen LogP contribution is 2.38. The van der Waals surface area contributed by atoms with Crippen molar-refractivity contribution >= 4 is 34.0 Å². The topological polar surface area (TPSA) is 77.0 Å². The fourth-order valence-corrected chi connectivity index (χ4v) is 5.61. The summed E-state index contributed by atoms with van der Waals surface area (Å²) in [5.41, 5.74) is 4.57. The maximum atomic E-state index is 13.3. The van der Waals surface area contributed by atoms with Gasteiger partial charge in [0, 0.05) is 27.9 Å². The van der Waals surface area contributed by atoms with Gasteiger partial charge in [-0.2, -0.15) is 0 Å². The summed E-state index contributed by atoms with van der Waals surface area (Å²) in [5.74, 6) is 0.267. The zero-order valence-corrected chi connectivity index (χ0v) is 20.7. The number of amides is 1. The summed E-state index contributed by atoms with van der Waals surface area (Å²) < 4.78 is 18.8. The second-order valence-electron chi connectivity index (χ2n) is 8.41.